The molecule has 2 N–H and O–H groups in total. The number of piperidine rings is 1. The lowest BCUT2D eigenvalue weighted by atomic mass is 9.80. The Hall–Kier alpha value is -1.89. The molecule has 1 saturated heterocycles. The molecule has 0 spiro atoms. The monoisotopic (exact) mass is 375 g/mol. The summed E-state index contributed by atoms with van der Waals surface area (Å²) in [6.07, 6.45) is 8.54. The van der Waals surface area contributed by atoms with E-state index in [-0.39, 0.29) is 11.8 Å². The van der Waals surface area contributed by atoms with E-state index in [1.54, 1.807) is 6.07 Å². The van der Waals surface area contributed by atoms with Gasteiger partial charge >= 0.3 is 0 Å². The van der Waals surface area contributed by atoms with E-state index in [1.165, 1.54) is 0 Å². The van der Waals surface area contributed by atoms with E-state index < -0.39 is 5.54 Å². The van der Waals surface area contributed by atoms with Crippen molar-refractivity contribution in [1.29, 1.82) is 0 Å². The number of rotatable bonds is 6. The average molecular weight is 376 g/mol. The minimum Gasteiger partial charge on any atom is -0.341 e. The number of likely N-dealkylation sites (N-methyl/N-ethyl adjacent to an activating group) is 1. The lowest BCUT2D eigenvalue weighted by molar-refractivity contribution is -0.139. The Morgan fingerprint density at radius 1 is 1.26 bits per heavy atom. The van der Waals surface area contributed by atoms with Crippen LogP contribution in [0.5, 0.6) is 0 Å². The highest BCUT2D eigenvalue weighted by Gasteiger charge is 2.43. The van der Waals surface area contributed by atoms with Gasteiger partial charge in [0.15, 0.2) is 0 Å². The number of nitrogens with one attached hydrogen (secondary N) is 2. The molecule has 1 aliphatic carbocycles. The fraction of sp³-hybridized carbons (Fsp3) is 0.750. The normalized spacial score (nSPS) is 22.2. The molecular formula is C20H33N5O2. The van der Waals surface area contributed by atoms with Gasteiger partial charge in [0.1, 0.15) is 11.2 Å². The SMILES string of the molecule is CCN(CC)C(=O)C1(NC(=O)c2ccn(C3CCCNC3)n2)CCCCC1. The largest absolute Gasteiger partial charge is 0.341 e. The number of carbonyl (C=O) groups excluding carboxylic acids is 2. The summed E-state index contributed by atoms with van der Waals surface area (Å²) in [4.78, 5) is 28.0. The predicted molar refractivity (Wildman–Crippen MR) is 105 cm³/mol. The molecule has 2 aliphatic rings. The Bertz CT molecular complexity index is 641. The van der Waals surface area contributed by atoms with Gasteiger partial charge in [-0.05, 0) is 52.1 Å². The molecule has 2 amide bonds. The molecule has 0 bridgehead atoms. The van der Waals surface area contributed by atoms with Crippen LogP contribution in [0.25, 0.3) is 0 Å². The van der Waals surface area contributed by atoms with E-state index in [9.17, 15) is 9.59 Å². The molecule has 7 heteroatoms. The van der Waals surface area contributed by atoms with Crippen LogP contribution in [0.15, 0.2) is 12.3 Å². The van der Waals surface area contributed by atoms with E-state index in [0.29, 0.717) is 37.7 Å². The van der Waals surface area contributed by atoms with E-state index in [0.717, 1.165) is 45.2 Å². The maximum atomic E-state index is 13.2. The van der Waals surface area contributed by atoms with Crippen molar-refractivity contribution in [1.82, 2.24) is 25.3 Å². The summed E-state index contributed by atoms with van der Waals surface area (Å²) in [7, 11) is 0. The van der Waals surface area contributed by atoms with E-state index in [4.69, 9.17) is 0 Å². The van der Waals surface area contributed by atoms with E-state index in [2.05, 4.69) is 15.7 Å². The van der Waals surface area contributed by atoms with Crippen molar-refractivity contribution >= 4 is 11.8 Å². The van der Waals surface area contributed by atoms with Gasteiger partial charge in [-0.1, -0.05) is 19.3 Å². The second kappa shape index (κ2) is 8.87. The molecule has 150 valence electrons. The average Bonchev–Trinajstić information content (AvgIpc) is 3.21. The van der Waals surface area contributed by atoms with Crippen molar-refractivity contribution in [2.24, 2.45) is 0 Å². The fourth-order valence-electron chi connectivity index (χ4n) is 4.36. The first kappa shape index (κ1) is 19.9. The van der Waals surface area contributed by atoms with Crippen molar-refractivity contribution < 1.29 is 9.59 Å². The van der Waals surface area contributed by atoms with Crippen LogP contribution >= 0.6 is 0 Å². The third-order valence-corrected chi connectivity index (χ3v) is 6.01. The molecule has 2 heterocycles. The van der Waals surface area contributed by atoms with Gasteiger partial charge in [0.05, 0.1) is 6.04 Å². The molecule has 27 heavy (non-hydrogen) atoms. The zero-order chi connectivity index (χ0) is 19.3. The van der Waals surface area contributed by atoms with Crippen molar-refractivity contribution in [2.75, 3.05) is 26.2 Å². The first-order valence-electron chi connectivity index (χ1n) is 10.5. The summed E-state index contributed by atoms with van der Waals surface area (Å²) in [5.41, 5.74) is -0.379. The molecule has 0 radical (unpaired) electrons. The Morgan fingerprint density at radius 3 is 2.63 bits per heavy atom. The van der Waals surface area contributed by atoms with Gasteiger partial charge in [-0.25, -0.2) is 0 Å². The third-order valence-electron chi connectivity index (χ3n) is 6.01. The minimum atomic E-state index is -0.780. The maximum absolute atomic E-state index is 13.2. The topological polar surface area (TPSA) is 79.3 Å². The van der Waals surface area contributed by atoms with Crippen LogP contribution in [-0.2, 0) is 4.79 Å². The molecule has 1 atom stereocenters. The first-order chi connectivity index (χ1) is 13.1. The molecular weight excluding hydrogens is 342 g/mol. The molecule has 1 aromatic heterocycles. The molecule has 2 fully saturated rings. The Morgan fingerprint density at radius 2 is 2.00 bits per heavy atom. The van der Waals surface area contributed by atoms with Crippen molar-refractivity contribution in [3.05, 3.63) is 18.0 Å². The zero-order valence-electron chi connectivity index (χ0n) is 16.7. The summed E-state index contributed by atoms with van der Waals surface area (Å²) < 4.78 is 1.89. The molecule has 3 rings (SSSR count). The Labute approximate surface area is 161 Å². The summed E-state index contributed by atoms with van der Waals surface area (Å²) in [5, 5.41) is 11.0. The lowest BCUT2D eigenvalue weighted by Crippen LogP contribution is -2.60. The van der Waals surface area contributed by atoms with Gasteiger partial charge in [-0.2, -0.15) is 5.10 Å². The van der Waals surface area contributed by atoms with Gasteiger partial charge in [-0.15, -0.1) is 0 Å². The van der Waals surface area contributed by atoms with Gasteiger partial charge < -0.3 is 15.5 Å². The summed E-state index contributed by atoms with van der Waals surface area (Å²) in [6.45, 7) is 7.22. The van der Waals surface area contributed by atoms with Crippen LogP contribution in [0.3, 0.4) is 0 Å². The zero-order valence-corrected chi connectivity index (χ0v) is 16.7. The molecule has 7 nitrogen and oxygen atoms in total. The summed E-state index contributed by atoms with van der Waals surface area (Å²) >= 11 is 0. The molecule has 1 saturated carbocycles. The number of carbonyl (C=O) groups is 2. The molecule has 1 aliphatic heterocycles. The summed E-state index contributed by atoms with van der Waals surface area (Å²) in [6, 6.07) is 2.06. The Kier molecular flexibility index (Phi) is 6.52. The van der Waals surface area contributed by atoms with Gasteiger partial charge in [0.25, 0.3) is 5.91 Å². The second-order valence-electron chi connectivity index (χ2n) is 7.76. The van der Waals surface area contributed by atoms with Crippen LogP contribution in [0.2, 0.25) is 0 Å². The number of amides is 2. The van der Waals surface area contributed by atoms with Crippen molar-refractivity contribution in [3.63, 3.8) is 0 Å². The van der Waals surface area contributed by atoms with Crippen molar-refractivity contribution in [2.45, 2.75) is 70.4 Å². The van der Waals surface area contributed by atoms with Crippen molar-refractivity contribution in [3.8, 4) is 0 Å². The number of nitrogens with zero attached hydrogens (tertiary/aromatic N) is 3. The van der Waals surface area contributed by atoms with Gasteiger partial charge in [0, 0.05) is 25.8 Å². The minimum absolute atomic E-state index is 0.0523. The highest BCUT2D eigenvalue weighted by atomic mass is 16.2. The second-order valence-corrected chi connectivity index (χ2v) is 7.76. The smallest absolute Gasteiger partial charge is 0.272 e. The number of hydrogen-bond acceptors (Lipinski definition) is 4. The molecule has 1 unspecified atom stereocenters. The highest BCUT2D eigenvalue weighted by Crippen LogP contribution is 2.30. The van der Waals surface area contributed by atoms with Gasteiger partial charge in [-0.3, -0.25) is 14.3 Å². The quantitative estimate of drug-likeness (QED) is 0.798. The Balaban J connectivity index is 1.74. The van der Waals surface area contributed by atoms with Crippen LogP contribution < -0.4 is 10.6 Å². The standard InChI is InChI=1S/C20H33N5O2/c1-3-24(4-2)19(27)20(11-6-5-7-12-20)22-18(26)17-10-14-25(23-17)16-9-8-13-21-15-16/h10,14,16,21H,3-9,11-13,15H2,1-2H3,(H,22,26). The van der Waals surface area contributed by atoms with Crippen LogP contribution in [0, 0.1) is 0 Å². The van der Waals surface area contributed by atoms with Crippen LogP contribution in [0.1, 0.15) is 75.3 Å². The van der Waals surface area contributed by atoms with Gasteiger partial charge in [0.2, 0.25) is 5.91 Å². The molecule has 0 aromatic carbocycles. The first-order valence-corrected chi connectivity index (χ1v) is 10.5. The van der Waals surface area contributed by atoms with Crippen LogP contribution in [0.4, 0.5) is 0 Å². The maximum Gasteiger partial charge on any atom is 0.272 e. The summed E-state index contributed by atoms with van der Waals surface area (Å²) in [5.74, 6) is -0.184. The number of hydrogen-bond donors (Lipinski definition) is 2. The van der Waals surface area contributed by atoms with E-state index >= 15 is 0 Å². The predicted octanol–water partition coefficient (Wildman–Crippen LogP) is 2.11. The molecule has 1 aromatic rings. The lowest BCUT2D eigenvalue weighted by Gasteiger charge is -2.39. The third kappa shape index (κ3) is 4.34. The van der Waals surface area contributed by atoms with Crippen LogP contribution in [-0.4, -0.2) is 58.2 Å². The number of aromatic nitrogens is 2. The fourth-order valence-corrected chi connectivity index (χ4v) is 4.36. The van der Waals surface area contributed by atoms with E-state index in [1.807, 2.05) is 29.6 Å². The highest BCUT2D eigenvalue weighted by molar-refractivity contribution is 5.98.